The van der Waals surface area contributed by atoms with Crippen molar-refractivity contribution >= 4 is 44.5 Å². The van der Waals surface area contributed by atoms with Gasteiger partial charge in [-0.2, -0.15) is 0 Å². The second-order valence-electron chi connectivity index (χ2n) is 6.61. The van der Waals surface area contributed by atoms with Crippen molar-refractivity contribution in [2.75, 3.05) is 16.6 Å². The number of oxazole rings is 1. The molecule has 2 heterocycles. The Labute approximate surface area is 181 Å². The Hall–Kier alpha value is -4.19. The molecule has 11 nitrogen and oxygen atoms in total. The van der Waals surface area contributed by atoms with Gasteiger partial charge in [0.2, 0.25) is 0 Å². The van der Waals surface area contributed by atoms with Gasteiger partial charge in [-0.1, -0.05) is 5.16 Å². The number of fused-ring (bicyclic) bond motifs is 1. The fourth-order valence-corrected chi connectivity index (χ4v) is 3.71. The van der Waals surface area contributed by atoms with Crippen molar-refractivity contribution in [3.05, 3.63) is 66.2 Å². The molecule has 0 aliphatic heterocycles. The highest BCUT2D eigenvalue weighted by Crippen LogP contribution is 2.18. The summed E-state index contributed by atoms with van der Waals surface area (Å²) in [6, 6.07) is 11.4. The third-order valence-corrected chi connectivity index (χ3v) is 5.59. The SMILES string of the molecule is Cc1cc(NS(=O)(=O)c2ccc(NC(=O)COC(=O)c3ccc4ncoc4c3)cc2)no1. The highest BCUT2D eigenvalue weighted by molar-refractivity contribution is 7.92. The molecule has 0 radical (unpaired) electrons. The van der Waals surface area contributed by atoms with Crippen LogP contribution in [0.2, 0.25) is 0 Å². The van der Waals surface area contributed by atoms with Crippen LogP contribution in [0, 0.1) is 6.92 Å². The largest absolute Gasteiger partial charge is 0.452 e. The Morgan fingerprint density at radius 2 is 1.88 bits per heavy atom. The number of rotatable bonds is 7. The summed E-state index contributed by atoms with van der Waals surface area (Å²) in [4.78, 5) is 28.1. The molecule has 2 aromatic heterocycles. The molecule has 0 bridgehead atoms. The smallest absolute Gasteiger partial charge is 0.338 e. The maximum Gasteiger partial charge on any atom is 0.338 e. The van der Waals surface area contributed by atoms with E-state index in [-0.39, 0.29) is 16.3 Å². The van der Waals surface area contributed by atoms with E-state index in [0.29, 0.717) is 22.5 Å². The van der Waals surface area contributed by atoms with E-state index in [9.17, 15) is 18.0 Å². The lowest BCUT2D eigenvalue weighted by molar-refractivity contribution is -0.119. The molecule has 2 N–H and O–H groups in total. The summed E-state index contributed by atoms with van der Waals surface area (Å²) in [5.41, 5.74) is 1.56. The first-order valence-electron chi connectivity index (χ1n) is 9.16. The van der Waals surface area contributed by atoms with Crippen LogP contribution < -0.4 is 10.0 Å². The van der Waals surface area contributed by atoms with Crippen LogP contribution >= 0.6 is 0 Å². The number of hydrogen-bond donors (Lipinski definition) is 2. The van der Waals surface area contributed by atoms with Crippen LogP contribution in [0.1, 0.15) is 16.1 Å². The maximum absolute atomic E-state index is 12.4. The maximum atomic E-state index is 12.4. The van der Waals surface area contributed by atoms with Gasteiger partial charge < -0.3 is 19.0 Å². The molecule has 4 aromatic rings. The fraction of sp³-hybridized carbons (Fsp3) is 0.100. The number of hydrogen-bond acceptors (Lipinski definition) is 9. The van der Waals surface area contributed by atoms with Crippen LogP contribution in [0.4, 0.5) is 11.5 Å². The number of ether oxygens (including phenoxy) is 1. The molecule has 4 rings (SSSR count). The molecular weight excluding hydrogens is 440 g/mol. The monoisotopic (exact) mass is 456 g/mol. The average Bonchev–Trinajstić information content (AvgIpc) is 3.40. The lowest BCUT2D eigenvalue weighted by Crippen LogP contribution is -2.21. The molecule has 32 heavy (non-hydrogen) atoms. The zero-order chi connectivity index (χ0) is 22.7. The first kappa shape index (κ1) is 21.1. The molecule has 0 saturated carbocycles. The number of aryl methyl sites for hydroxylation is 1. The van der Waals surface area contributed by atoms with E-state index in [1.165, 1.54) is 48.9 Å². The van der Waals surface area contributed by atoms with Gasteiger partial charge in [-0.25, -0.2) is 18.2 Å². The van der Waals surface area contributed by atoms with Crippen LogP contribution in [0.25, 0.3) is 11.1 Å². The topological polar surface area (TPSA) is 154 Å². The molecule has 0 spiro atoms. The van der Waals surface area contributed by atoms with E-state index in [1.807, 2.05) is 0 Å². The van der Waals surface area contributed by atoms with Gasteiger partial charge in [0.15, 0.2) is 24.4 Å². The summed E-state index contributed by atoms with van der Waals surface area (Å²) in [5.74, 6) is -0.774. The van der Waals surface area contributed by atoms with E-state index in [4.69, 9.17) is 13.7 Å². The molecule has 1 amide bonds. The van der Waals surface area contributed by atoms with Crippen LogP contribution in [0.5, 0.6) is 0 Å². The quantitative estimate of drug-likeness (QED) is 0.399. The minimum absolute atomic E-state index is 0.0367. The number of esters is 1. The third kappa shape index (κ3) is 4.75. The van der Waals surface area contributed by atoms with Crippen molar-refractivity contribution in [2.24, 2.45) is 0 Å². The fourth-order valence-electron chi connectivity index (χ4n) is 2.72. The first-order chi connectivity index (χ1) is 15.3. The Morgan fingerprint density at radius 1 is 1.09 bits per heavy atom. The highest BCUT2D eigenvalue weighted by Gasteiger charge is 2.17. The number of nitrogens with zero attached hydrogens (tertiary/aromatic N) is 2. The van der Waals surface area contributed by atoms with E-state index in [0.717, 1.165) is 0 Å². The van der Waals surface area contributed by atoms with Gasteiger partial charge in [0.1, 0.15) is 11.3 Å². The summed E-state index contributed by atoms with van der Waals surface area (Å²) in [5, 5.41) is 6.10. The lowest BCUT2D eigenvalue weighted by Gasteiger charge is -2.08. The van der Waals surface area contributed by atoms with Crippen molar-refractivity contribution in [3.63, 3.8) is 0 Å². The standard InChI is InChI=1S/C20H16N4O7S/c1-12-8-18(23-31-12)24-32(27,28)15-5-3-14(4-6-15)22-19(25)10-29-20(26)13-2-7-16-17(9-13)30-11-21-16/h2-9,11H,10H2,1H3,(H,22,25)(H,23,24). The Morgan fingerprint density at radius 3 is 2.59 bits per heavy atom. The average molecular weight is 456 g/mol. The summed E-state index contributed by atoms with van der Waals surface area (Å²) in [6.07, 6.45) is 1.26. The molecule has 0 fully saturated rings. The van der Waals surface area contributed by atoms with Gasteiger partial charge in [-0.15, -0.1) is 0 Å². The summed E-state index contributed by atoms with van der Waals surface area (Å²) in [6.45, 7) is 1.11. The first-order valence-corrected chi connectivity index (χ1v) is 10.6. The number of aromatic nitrogens is 2. The van der Waals surface area contributed by atoms with Gasteiger partial charge in [0.25, 0.3) is 15.9 Å². The number of nitrogens with one attached hydrogen (secondary N) is 2. The zero-order valence-electron chi connectivity index (χ0n) is 16.6. The number of benzene rings is 2. The summed E-state index contributed by atoms with van der Waals surface area (Å²) < 4.78 is 42.0. The molecule has 0 unspecified atom stereocenters. The highest BCUT2D eigenvalue weighted by atomic mass is 32.2. The minimum Gasteiger partial charge on any atom is -0.452 e. The zero-order valence-corrected chi connectivity index (χ0v) is 17.4. The van der Waals surface area contributed by atoms with Crippen molar-refractivity contribution in [1.82, 2.24) is 10.1 Å². The summed E-state index contributed by atoms with van der Waals surface area (Å²) >= 11 is 0. The third-order valence-electron chi connectivity index (χ3n) is 4.22. The molecular formula is C20H16N4O7S. The van der Waals surface area contributed by atoms with E-state index >= 15 is 0 Å². The minimum atomic E-state index is -3.88. The van der Waals surface area contributed by atoms with Crippen LogP contribution in [0.15, 0.2) is 68.8 Å². The lowest BCUT2D eigenvalue weighted by atomic mass is 10.2. The van der Waals surface area contributed by atoms with E-state index in [1.54, 1.807) is 13.0 Å². The van der Waals surface area contributed by atoms with Gasteiger partial charge in [-0.05, 0) is 49.4 Å². The second kappa shape index (κ2) is 8.51. The van der Waals surface area contributed by atoms with Crippen molar-refractivity contribution in [2.45, 2.75) is 11.8 Å². The van der Waals surface area contributed by atoms with Crippen molar-refractivity contribution in [3.8, 4) is 0 Å². The Bertz CT molecular complexity index is 1390. The van der Waals surface area contributed by atoms with Crippen molar-refractivity contribution < 1.29 is 31.7 Å². The van der Waals surface area contributed by atoms with E-state index < -0.39 is 28.5 Å². The number of amides is 1. The number of anilines is 2. The van der Waals surface area contributed by atoms with Crippen LogP contribution in [-0.4, -0.2) is 37.0 Å². The van der Waals surface area contributed by atoms with Gasteiger partial charge in [0, 0.05) is 11.8 Å². The molecule has 0 aliphatic rings. The molecule has 2 aromatic carbocycles. The molecule has 0 atom stereocenters. The van der Waals surface area contributed by atoms with Gasteiger partial charge in [-0.3, -0.25) is 9.52 Å². The number of sulfonamides is 1. The Kier molecular flexibility index (Phi) is 5.60. The predicted octanol–water partition coefficient (Wildman–Crippen LogP) is 2.72. The Balaban J connectivity index is 1.32. The number of carbonyl (C=O) groups is 2. The molecule has 0 saturated heterocycles. The normalized spacial score (nSPS) is 11.3. The summed E-state index contributed by atoms with van der Waals surface area (Å²) in [7, 11) is -3.88. The molecule has 12 heteroatoms. The van der Waals surface area contributed by atoms with Gasteiger partial charge in [0.05, 0.1) is 10.5 Å². The van der Waals surface area contributed by atoms with E-state index in [2.05, 4.69) is 20.2 Å². The molecule has 0 aliphatic carbocycles. The van der Waals surface area contributed by atoms with Gasteiger partial charge >= 0.3 is 5.97 Å². The van der Waals surface area contributed by atoms with Crippen molar-refractivity contribution in [1.29, 1.82) is 0 Å². The predicted molar refractivity (Wildman–Crippen MR) is 111 cm³/mol. The van der Waals surface area contributed by atoms with Crippen LogP contribution in [-0.2, 0) is 19.6 Å². The van der Waals surface area contributed by atoms with Crippen LogP contribution in [0.3, 0.4) is 0 Å². The number of carbonyl (C=O) groups excluding carboxylic acids is 2. The second-order valence-corrected chi connectivity index (χ2v) is 8.29. The molecule has 164 valence electrons.